The molecule has 1 aromatic heterocycles. The van der Waals surface area contributed by atoms with Crippen LogP contribution in [0.25, 0.3) is 6.08 Å². The zero-order valence-corrected chi connectivity index (χ0v) is 15.4. The van der Waals surface area contributed by atoms with E-state index in [9.17, 15) is 9.59 Å². The number of hydrogen-bond acceptors (Lipinski definition) is 5. The molecule has 1 fully saturated rings. The fourth-order valence-corrected chi connectivity index (χ4v) is 2.90. The van der Waals surface area contributed by atoms with Gasteiger partial charge in [0.05, 0.1) is 30.5 Å². The molecule has 0 aliphatic heterocycles. The van der Waals surface area contributed by atoms with Crippen LogP contribution in [0.5, 0.6) is 0 Å². The molecule has 0 bridgehead atoms. The molecule has 140 valence electrons. The average molecular weight is 365 g/mol. The van der Waals surface area contributed by atoms with Crippen molar-refractivity contribution in [2.24, 2.45) is 0 Å². The van der Waals surface area contributed by atoms with Crippen molar-refractivity contribution in [3.05, 3.63) is 71.1 Å². The highest BCUT2D eigenvalue weighted by molar-refractivity contribution is 5.94. The second-order valence-electron chi connectivity index (χ2n) is 6.47. The maximum atomic E-state index is 12.2. The molecule has 1 aromatic carbocycles. The quantitative estimate of drug-likeness (QED) is 0.512. The van der Waals surface area contributed by atoms with E-state index in [4.69, 9.17) is 9.47 Å². The fourth-order valence-electron chi connectivity index (χ4n) is 2.90. The van der Waals surface area contributed by atoms with Crippen molar-refractivity contribution >= 4 is 18.0 Å². The largest absolute Gasteiger partial charge is 0.465 e. The van der Waals surface area contributed by atoms with Crippen molar-refractivity contribution in [1.29, 1.82) is 0 Å². The lowest BCUT2D eigenvalue weighted by molar-refractivity contribution is 0.0500. The van der Waals surface area contributed by atoms with Gasteiger partial charge in [0.1, 0.15) is 0 Å². The van der Waals surface area contributed by atoms with Crippen LogP contribution < -0.4 is 0 Å². The first kappa shape index (κ1) is 18.8. The van der Waals surface area contributed by atoms with Crippen LogP contribution in [0, 0.1) is 0 Å². The molecular weight excluding hydrogens is 342 g/mol. The highest BCUT2D eigenvalue weighted by Crippen LogP contribution is 2.42. The van der Waals surface area contributed by atoms with Crippen molar-refractivity contribution < 1.29 is 19.1 Å². The van der Waals surface area contributed by atoms with Crippen molar-refractivity contribution in [3.63, 3.8) is 0 Å². The predicted octanol–water partition coefficient (Wildman–Crippen LogP) is 4.40. The van der Waals surface area contributed by atoms with E-state index in [1.807, 2.05) is 24.3 Å². The Balaban J connectivity index is 1.53. The normalized spacial score (nSPS) is 13.5. The Morgan fingerprint density at radius 2 is 1.93 bits per heavy atom. The number of aromatic nitrogens is 1. The summed E-state index contributed by atoms with van der Waals surface area (Å²) in [7, 11) is 1.39. The van der Waals surface area contributed by atoms with Gasteiger partial charge >= 0.3 is 11.9 Å². The van der Waals surface area contributed by atoms with Gasteiger partial charge in [0, 0.05) is 6.20 Å². The summed E-state index contributed by atoms with van der Waals surface area (Å²) in [6.45, 7) is 0.345. The van der Waals surface area contributed by atoms with Crippen molar-refractivity contribution in [2.45, 2.75) is 31.6 Å². The molecule has 0 N–H and O–H groups in total. The molecule has 1 heterocycles. The number of unbranched alkanes of at least 4 members (excludes halogenated alkanes) is 1. The lowest BCUT2D eigenvalue weighted by Crippen LogP contribution is -2.09. The minimum absolute atomic E-state index is 0.314. The molecule has 0 radical (unpaired) electrons. The summed E-state index contributed by atoms with van der Waals surface area (Å²) in [6, 6.07) is 10.8. The summed E-state index contributed by atoms with van der Waals surface area (Å²) < 4.78 is 10.2. The van der Waals surface area contributed by atoms with E-state index in [0.717, 1.165) is 24.8 Å². The van der Waals surface area contributed by atoms with Gasteiger partial charge in [-0.1, -0.05) is 24.3 Å². The van der Waals surface area contributed by atoms with Crippen molar-refractivity contribution in [3.8, 4) is 0 Å². The summed E-state index contributed by atoms with van der Waals surface area (Å²) >= 11 is 0. The van der Waals surface area contributed by atoms with Crippen LogP contribution in [0.3, 0.4) is 0 Å². The maximum Gasteiger partial charge on any atom is 0.340 e. The van der Waals surface area contributed by atoms with Crippen LogP contribution in [0.15, 0.2) is 48.7 Å². The number of allylic oxidation sites excluding steroid dienone is 1. The molecule has 1 aliphatic rings. The Bertz CT molecular complexity index is 825. The highest BCUT2D eigenvalue weighted by Gasteiger charge is 2.30. The summed E-state index contributed by atoms with van der Waals surface area (Å²) in [5.74, 6) is -0.223. The molecule has 0 amide bonds. The van der Waals surface area contributed by atoms with Crippen molar-refractivity contribution in [1.82, 2.24) is 4.98 Å². The SMILES string of the molecule is COC(=O)c1c(C2CC2)ccnc1/C=C/CCCOC(=O)c1ccccc1. The van der Waals surface area contributed by atoms with Gasteiger partial charge in [0.2, 0.25) is 0 Å². The van der Waals surface area contributed by atoms with E-state index >= 15 is 0 Å². The number of rotatable bonds is 8. The van der Waals surface area contributed by atoms with Gasteiger partial charge in [-0.25, -0.2) is 9.59 Å². The zero-order valence-electron chi connectivity index (χ0n) is 15.4. The Morgan fingerprint density at radius 1 is 1.15 bits per heavy atom. The first-order valence-corrected chi connectivity index (χ1v) is 9.16. The van der Waals surface area contributed by atoms with Gasteiger partial charge in [0.25, 0.3) is 0 Å². The van der Waals surface area contributed by atoms with Crippen LogP contribution in [0.2, 0.25) is 0 Å². The molecule has 0 unspecified atom stereocenters. The number of ether oxygens (including phenoxy) is 2. The number of benzene rings is 1. The zero-order chi connectivity index (χ0) is 19.1. The van der Waals surface area contributed by atoms with Gasteiger partial charge in [-0.3, -0.25) is 4.98 Å². The first-order chi connectivity index (χ1) is 13.2. The van der Waals surface area contributed by atoms with E-state index in [1.54, 1.807) is 30.5 Å². The van der Waals surface area contributed by atoms with Gasteiger partial charge in [-0.15, -0.1) is 0 Å². The summed E-state index contributed by atoms with van der Waals surface area (Å²) in [5, 5.41) is 0. The van der Waals surface area contributed by atoms with E-state index < -0.39 is 0 Å². The third-order valence-corrected chi connectivity index (χ3v) is 4.45. The van der Waals surface area contributed by atoms with E-state index in [1.165, 1.54) is 7.11 Å². The van der Waals surface area contributed by atoms with Crippen LogP contribution in [0.4, 0.5) is 0 Å². The Morgan fingerprint density at radius 3 is 2.63 bits per heavy atom. The van der Waals surface area contributed by atoms with Gasteiger partial charge < -0.3 is 9.47 Å². The average Bonchev–Trinajstić information content (AvgIpc) is 3.55. The monoisotopic (exact) mass is 365 g/mol. The molecule has 0 spiro atoms. The molecule has 1 aliphatic carbocycles. The molecule has 1 saturated carbocycles. The summed E-state index contributed by atoms with van der Waals surface area (Å²) in [5.41, 5.74) is 2.77. The number of nitrogens with zero attached hydrogens (tertiary/aromatic N) is 1. The minimum Gasteiger partial charge on any atom is -0.465 e. The number of methoxy groups -OCH3 is 1. The smallest absolute Gasteiger partial charge is 0.340 e. The molecular formula is C22H23NO4. The Labute approximate surface area is 159 Å². The molecule has 27 heavy (non-hydrogen) atoms. The third-order valence-electron chi connectivity index (χ3n) is 4.45. The van der Waals surface area contributed by atoms with Crippen LogP contribution in [0.1, 0.15) is 63.6 Å². The molecule has 3 rings (SSSR count). The topological polar surface area (TPSA) is 65.5 Å². The Hall–Kier alpha value is -2.95. The predicted molar refractivity (Wildman–Crippen MR) is 103 cm³/mol. The lowest BCUT2D eigenvalue weighted by Gasteiger charge is -2.09. The third kappa shape index (κ3) is 5.03. The number of esters is 2. The van der Waals surface area contributed by atoms with Crippen LogP contribution in [-0.2, 0) is 9.47 Å². The van der Waals surface area contributed by atoms with Crippen molar-refractivity contribution in [2.75, 3.05) is 13.7 Å². The molecule has 5 heteroatoms. The Kier molecular flexibility index (Phi) is 6.36. The fraction of sp³-hybridized carbons (Fsp3) is 0.318. The summed E-state index contributed by atoms with van der Waals surface area (Å²) in [4.78, 5) is 28.4. The second kappa shape index (κ2) is 9.12. The number of carbonyl (C=O) groups is 2. The highest BCUT2D eigenvalue weighted by atomic mass is 16.5. The van der Waals surface area contributed by atoms with E-state index in [2.05, 4.69) is 4.98 Å². The standard InChI is InChI=1S/C22H23NO4/c1-26-22(25)20-18(16-11-12-16)13-14-23-19(20)10-6-3-7-15-27-21(24)17-8-4-2-5-9-17/h2,4-6,8-10,13-14,16H,3,7,11-12,15H2,1H3/b10-6+. The summed E-state index contributed by atoms with van der Waals surface area (Å²) in [6.07, 6.45) is 9.15. The first-order valence-electron chi connectivity index (χ1n) is 9.16. The molecule has 2 aromatic rings. The van der Waals surface area contributed by atoms with Crippen LogP contribution >= 0.6 is 0 Å². The molecule has 0 saturated heterocycles. The number of hydrogen-bond donors (Lipinski definition) is 0. The van der Waals surface area contributed by atoms with Crippen LogP contribution in [-0.4, -0.2) is 30.6 Å². The minimum atomic E-state index is -0.346. The molecule has 5 nitrogen and oxygen atoms in total. The number of carbonyl (C=O) groups excluding carboxylic acids is 2. The van der Waals surface area contributed by atoms with E-state index in [0.29, 0.717) is 35.8 Å². The second-order valence-corrected chi connectivity index (χ2v) is 6.47. The lowest BCUT2D eigenvalue weighted by atomic mass is 10.0. The maximum absolute atomic E-state index is 12.2. The van der Waals surface area contributed by atoms with Gasteiger partial charge in [-0.2, -0.15) is 0 Å². The molecule has 0 atom stereocenters. The van der Waals surface area contributed by atoms with Gasteiger partial charge in [0.15, 0.2) is 0 Å². The van der Waals surface area contributed by atoms with Gasteiger partial charge in [-0.05, 0) is 61.4 Å². The number of pyridine rings is 1. The van der Waals surface area contributed by atoms with E-state index in [-0.39, 0.29) is 11.9 Å².